The standard InChI is InChI=1S/C19H26N4O4S2/c1-27-11-8-20-29(25,26)17-7-5-6-15(12-17)18(24)22-19-21-16(14-28-19)13-23-9-3-2-4-10-23/h5-7,12,14,20H,2-4,8-11,13H2,1H3,(H,21,22,24). The molecule has 2 heterocycles. The molecule has 8 nitrogen and oxygen atoms in total. The summed E-state index contributed by atoms with van der Waals surface area (Å²) in [6.45, 7) is 3.38. The van der Waals surface area contributed by atoms with E-state index >= 15 is 0 Å². The zero-order valence-electron chi connectivity index (χ0n) is 16.4. The number of nitrogens with zero attached hydrogens (tertiary/aromatic N) is 2. The van der Waals surface area contributed by atoms with E-state index in [1.54, 1.807) is 12.1 Å². The van der Waals surface area contributed by atoms with Crippen molar-refractivity contribution in [2.45, 2.75) is 30.7 Å². The number of amides is 1. The molecule has 0 radical (unpaired) electrons. The summed E-state index contributed by atoms with van der Waals surface area (Å²) in [6, 6.07) is 5.92. The summed E-state index contributed by atoms with van der Waals surface area (Å²) >= 11 is 1.37. The molecule has 2 aromatic rings. The number of ether oxygens (including phenoxy) is 1. The first-order valence-corrected chi connectivity index (χ1v) is 11.9. The Kier molecular flexibility index (Phi) is 7.73. The number of likely N-dealkylation sites (tertiary alicyclic amines) is 1. The molecule has 1 aromatic heterocycles. The second-order valence-corrected chi connectivity index (χ2v) is 9.48. The lowest BCUT2D eigenvalue weighted by molar-refractivity contribution is 0.102. The topological polar surface area (TPSA) is 101 Å². The first-order chi connectivity index (χ1) is 14.0. The van der Waals surface area contributed by atoms with Crippen molar-refractivity contribution in [3.8, 4) is 0 Å². The van der Waals surface area contributed by atoms with Crippen molar-refractivity contribution in [1.82, 2.24) is 14.6 Å². The van der Waals surface area contributed by atoms with Crippen LogP contribution >= 0.6 is 11.3 Å². The highest BCUT2D eigenvalue weighted by atomic mass is 32.2. The second-order valence-electron chi connectivity index (χ2n) is 6.85. The van der Waals surface area contributed by atoms with Gasteiger partial charge in [-0.3, -0.25) is 15.0 Å². The van der Waals surface area contributed by atoms with Crippen molar-refractivity contribution in [1.29, 1.82) is 0 Å². The molecule has 0 unspecified atom stereocenters. The maximum atomic E-state index is 12.6. The SMILES string of the molecule is COCCNS(=O)(=O)c1cccc(C(=O)Nc2nc(CN3CCCCC3)cs2)c1. The molecule has 10 heteroatoms. The number of piperidine rings is 1. The van der Waals surface area contributed by atoms with E-state index in [-0.39, 0.29) is 23.6 Å². The van der Waals surface area contributed by atoms with E-state index < -0.39 is 15.9 Å². The molecule has 3 rings (SSSR count). The average Bonchev–Trinajstić information content (AvgIpc) is 3.15. The Hall–Kier alpha value is -1.85. The molecule has 158 valence electrons. The van der Waals surface area contributed by atoms with E-state index in [0.717, 1.165) is 25.3 Å². The van der Waals surface area contributed by atoms with Gasteiger partial charge in [-0.15, -0.1) is 11.3 Å². The largest absolute Gasteiger partial charge is 0.383 e. The van der Waals surface area contributed by atoms with Crippen LogP contribution in [0.25, 0.3) is 0 Å². The van der Waals surface area contributed by atoms with Crippen LogP contribution < -0.4 is 10.0 Å². The maximum absolute atomic E-state index is 12.6. The van der Waals surface area contributed by atoms with E-state index in [1.807, 2.05) is 5.38 Å². The highest BCUT2D eigenvalue weighted by molar-refractivity contribution is 7.89. The lowest BCUT2D eigenvalue weighted by atomic mass is 10.1. The van der Waals surface area contributed by atoms with Gasteiger partial charge >= 0.3 is 0 Å². The van der Waals surface area contributed by atoms with Gasteiger partial charge in [-0.2, -0.15) is 0 Å². The minimum atomic E-state index is -3.70. The maximum Gasteiger partial charge on any atom is 0.257 e. The molecule has 1 fully saturated rings. The van der Waals surface area contributed by atoms with Crippen LogP contribution in [-0.4, -0.2) is 57.6 Å². The Morgan fingerprint density at radius 1 is 1.28 bits per heavy atom. The van der Waals surface area contributed by atoms with Gasteiger partial charge in [0.25, 0.3) is 5.91 Å². The van der Waals surface area contributed by atoms with Crippen LogP contribution in [-0.2, 0) is 21.3 Å². The molecule has 0 spiro atoms. The van der Waals surface area contributed by atoms with Gasteiger partial charge in [0.05, 0.1) is 17.2 Å². The van der Waals surface area contributed by atoms with Crippen molar-refractivity contribution >= 4 is 32.4 Å². The number of rotatable bonds is 9. The van der Waals surface area contributed by atoms with Gasteiger partial charge in [-0.25, -0.2) is 18.1 Å². The van der Waals surface area contributed by atoms with E-state index in [9.17, 15) is 13.2 Å². The summed E-state index contributed by atoms with van der Waals surface area (Å²) in [4.78, 5) is 19.5. The Balaban J connectivity index is 1.62. The van der Waals surface area contributed by atoms with Gasteiger partial charge in [0.15, 0.2) is 5.13 Å². The van der Waals surface area contributed by atoms with Crippen LogP contribution in [0.15, 0.2) is 34.5 Å². The molecular formula is C19H26N4O4S2. The zero-order valence-corrected chi connectivity index (χ0v) is 18.0. The first-order valence-electron chi connectivity index (χ1n) is 9.55. The summed E-state index contributed by atoms with van der Waals surface area (Å²) in [6.07, 6.45) is 3.71. The Morgan fingerprint density at radius 3 is 2.83 bits per heavy atom. The fraction of sp³-hybridized carbons (Fsp3) is 0.474. The highest BCUT2D eigenvalue weighted by Crippen LogP contribution is 2.20. The minimum Gasteiger partial charge on any atom is -0.383 e. The number of methoxy groups -OCH3 is 1. The molecule has 1 amide bonds. The summed E-state index contributed by atoms with van der Waals surface area (Å²) < 4.78 is 31.9. The van der Waals surface area contributed by atoms with Gasteiger partial charge < -0.3 is 4.74 Å². The lowest BCUT2D eigenvalue weighted by Crippen LogP contribution is -2.29. The van der Waals surface area contributed by atoms with Crippen LogP contribution in [0.3, 0.4) is 0 Å². The third-order valence-corrected chi connectivity index (χ3v) is 6.88. The van der Waals surface area contributed by atoms with E-state index in [0.29, 0.717) is 5.13 Å². The van der Waals surface area contributed by atoms with Crippen LogP contribution in [0.5, 0.6) is 0 Å². The molecule has 1 aromatic carbocycles. The van der Waals surface area contributed by atoms with E-state index in [1.165, 1.54) is 49.8 Å². The summed E-state index contributed by atoms with van der Waals surface area (Å²) in [5.74, 6) is -0.391. The van der Waals surface area contributed by atoms with Gasteiger partial charge in [0.1, 0.15) is 0 Å². The van der Waals surface area contributed by atoms with Crippen molar-refractivity contribution < 1.29 is 17.9 Å². The normalized spacial score (nSPS) is 15.3. The van der Waals surface area contributed by atoms with Crippen LogP contribution in [0.4, 0.5) is 5.13 Å². The average molecular weight is 439 g/mol. The van der Waals surface area contributed by atoms with Crippen LogP contribution in [0, 0.1) is 0 Å². The van der Waals surface area contributed by atoms with Crippen LogP contribution in [0.2, 0.25) is 0 Å². The van der Waals surface area contributed by atoms with Crippen molar-refractivity contribution in [2.75, 3.05) is 38.7 Å². The third-order valence-electron chi connectivity index (χ3n) is 4.61. The predicted octanol–water partition coefficient (Wildman–Crippen LogP) is 2.31. The second kappa shape index (κ2) is 10.3. The quantitative estimate of drug-likeness (QED) is 0.583. The monoisotopic (exact) mass is 438 g/mol. The number of hydrogen-bond donors (Lipinski definition) is 2. The van der Waals surface area contributed by atoms with Crippen molar-refractivity contribution in [3.63, 3.8) is 0 Å². The van der Waals surface area contributed by atoms with Crippen LogP contribution in [0.1, 0.15) is 35.3 Å². The Bertz CT molecular complexity index is 924. The predicted molar refractivity (Wildman–Crippen MR) is 113 cm³/mol. The Morgan fingerprint density at radius 2 is 2.07 bits per heavy atom. The highest BCUT2D eigenvalue weighted by Gasteiger charge is 2.17. The number of thiazole rings is 1. The van der Waals surface area contributed by atoms with Gasteiger partial charge in [-0.05, 0) is 44.1 Å². The van der Waals surface area contributed by atoms with Gasteiger partial charge in [-0.1, -0.05) is 12.5 Å². The number of carbonyl (C=O) groups is 1. The van der Waals surface area contributed by atoms with Crippen molar-refractivity contribution in [2.24, 2.45) is 0 Å². The molecule has 0 bridgehead atoms. The van der Waals surface area contributed by atoms with Gasteiger partial charge in [0.2, 0.25) is 10.0 Å². The van der Waals surface area contributed by atoms with E-state index in [2.05, 4.69) is 19.9 Å². The number of carbonyl (C=O) groups excluding carboxylic acids is 1. The number of aromatic nitrogens is 1. The molecule has 0 saturated carbocycles. The third kappa shape index (κ3) is 6.31. The summed E-state index contributed by atoms with van der Waals surface area (Å²) in [5.41, 5.74) is 1.19. The number of hydrogen-bond acceptors (Lipinski definition) is 7. The minimum absolute atomic E-state index is 0.0335. The van der Waals surface area contributed by atoms with Crippen molar-refractivity contribution in [3.05, 3.63) is 40.9 Å². The molecule has 2 N–H and O–H groups in total. The fourth-order valence-corrected chi connectivity index (χ4v) is 4.87. The first kappa shape index (κ1) is 21.8. The van der Waals surface area contributed by atoms with E-state index in [4.69, 9.17) is 4.74 Å². The number of nitrogens with one attached hydrogen (secondary N) is 2. The summed E-state index contributed by atoms with van der Waals surface area (Å²) in [7, 11) is -2.21. The van der Waals surface area contributed by atoms with Gasteiger partial charge in [0, 0.05) is 31.1 Å². The smallest absolute Gasteiger partial charge is 0.257 e. The molecule has 1 aliphatic heterocycles. The number of benzene rings is 1. The fourth-order valence-electron chi connectivity index (χ4n) is 3.12. The summed E-state index contributed by atoms with van der Waals surface area (Å²) in [5, 5.41) is 5.22. The molecule has 0 atom stereocenters. The Labute approximate surface area is 175 Å². The molecule has 1 aliphatic rings. The molecule has 1 saturated heterocycles. The molecule has 0 aliphatic carbocycles. The number of sulfonamides is 1. The number of anilines is 1. The lowest BCUT2D eigenvalue weighted by Gasteiger charge is -2.25. The molecular weight excluding hydrogens is 412 g/mol. The zero-order chi connectivity index (χ0) is 20.7. The molecule has 29 heavy (non-hydrogen) atoms.